The molecule has 0 saturated carbocycles. The van der Waals surface area contributed by atoms with Gasteiger partial charge in [0, 0.05) is 0 Å². The Hall–Kier alpha value is -0.600. The summed E-state index contributed by atoms with van der Waals surface area (Å²) in [6.07, 6.45) is 0.843. The maximum atomic E-state index is 13.7. The fourth-order valence-corrected chi connectivity index (χ4v) is 1.94. The van der Waals surface area contributed by atoms with Gasteiger partial charge in [-0.1, -0.05) is 38.4 Å². The van der Waals surface area contributed by atoms with Crippen molar-refractivity contribution in [1.82, 2.24) is 0 Å². The van der Waals surface area contributed by atoms with Gasteiger partial charge in [0.05, 0.1) is 5.02 Å². The Balaban J connectivity index is 3.04. The van der Waals surface area contributed by atoms with Crippen molar-refractivity contribution in [3.05, 3.63) is 34.1 Å². The lowest BCUT2D eigenvalue weighted by atomic mass is 9.95. The van der Waals surface area contributed by atoms with E-state index in [9.17, 15) is 4.39 Å². The zero-order chi connectivity index (χ0) is 12.3. The fraction of sp³-hybridized carbons (Fsp3) is 0.538. The Kier molecular flexibility index (Phi) is 4.75. The molecule has 0 saturated heterocycles. The molecule has 1 aromatic rings. The van der Waals surface area contributed by atoms with Gasteiger partial charge in [-0.3, -0.25) is 0 Å². The van der Waals surface area contributed by atoms with E-state index in [2.05, 4.69) is 6.92 Å². The summed E-state index contributed by atoms with van der Waals surface area (Å²) in [5, 5.41) is 0.213. The molecule has 0 spiro atoms. The van der Waals surface area contributed by atoms with E-state index in [0.29, 0.717) is 18.0 Å². The average Bonchev–Trinajstić information content (AvgIpc) is 2.22. The van der Waals surface area contributed by atoms with E-state index in [1.807, 2.05) is 19.9 Å². The smallest absolute Gasteiger partial charge is 0.145 e. The van der Waals surface area contributed by atoms with E-state index in [1.165, 1.54) is 0 Å². The van der Waals surface area contributed by atoms with Crippen LogP contribution in [-0.4, -0.2) is 6.54 Å². The van der Waals surface area contributed by atoms with E-state index in [0.717, 1.165) is 12.0 Å². The Morgan fingerprint density at radius 3 is 2.44 bits per heavy atom. The van der Waals surface area contributed by atoms with Crippen LogP contribution in [0.4, 0.5) is 4.39 Å². The van der Waals surface area contributed by atoms with Crippen LogP contribution in [0, 0.1) is 11.7 Å². The predicted octanol–water partition coefficient (Wildman–Crippen LogP) is 3.74. The minimum atomic E-state index is -0.291. The normalized spacial score (nSPS) is 13.2. The maximum absolute atomic E-state index is 13.7. The molecule has 0 heterocycles. The Morgan fingerprint density at radius 1 is 1.31 bits per heavy atom. The van der Waals surface area contributed by atoms with Crippen LogP contribution in [0.1, 0.15) is 37.8 Å². The number of nitrogens with two attached hydrogens (primary N) is 1. The zero-order valence-electron chi connectivity index (χ0n) is 10.1. The lowest BCUT2D eigenvalue weighted by Crippen LogP contribution is -2.13. The molecule has 0 amide bonds. The topological polar surface area (TPSA) is 26.0 Å². The standard InChI is InChI=1S/C13H19ClFN/c1-8(2)11-5-10(4-9(3)7-16)6-12(14)13(11)15/h5-6,8-9H,4,7,16H2,1-3H3. The average molecular weight is 244 g/mol. The van der Waals surface area contributed by atoms with E-state index in [-0.39, 0.29) is 16.8 Å². The second-order valence-electron chi connectivity index (χ2n) is 4.68. The molecule has 1 nitrogen and oxygen atoms in total. The molecule has 1 rings (SSSR count). The molecule has 3 heteroatoms. The van der Waals surface area contributed by atoms with Gasteiger partial charge < -0.3 is 5.73 Å². The second kappa shape index (κ2) is 5.65. The molecule has 1 atom stereocenters. The van der Waals surface area contributed by atoms with Gasteiger partial charge in [0.1, 0.15) is 5.82 Å². The van der Waals surface area contributed by atoms with Gasteiger partial charge in [-0.05, 0) is 42.0 Å². The number of rotatable bonds is 4. The van der Waals surface area contributed by atoms with E-state index in [4.69, 9.17) is 17.3 Å². The van der Waals surface area contributed by atoms with Crippen molar-refractivity contribution in [2.45, 2.75) is 33.1 Å². The van der Waals surface area contributed by atoms with Crippen LogP contribution in [0.3, 0.4) is 0 Å². The molecule has 2 N–H and O–H groups in total. The van der Waals surface area contributed by atoms with Gasteiger partial charge in [-0.25, -0.2) is 4.39 Å². The van der Waals surface area contributed by atoms with E-state index in [1.54, 1.807) is 6.07 Å². The van der Waals surface area contributed by atoms with Crippen LogP contribution in [0.25, 0.3) is 0 Å². The minimum absolute atomic E-state index is 0.144. The summed E-state index contributed by atoms with van der Waals surface area (Å²) in [5.41, 5.74) is 7.33. The monoisotopic (exact) mass is 243 g/mol. The number of benzene rings is 1. The van der Waals surface area contributed by atoms with Gasteiger partial charge in [0.15, 0.2) is 0 Å². The molecule has 0 aliphatic heterocycles. The highest BCUT2D eigenvalue weighted by Gasteiger charge is 2.13. The second-order valence-corrected chi connectivity index (χ2v) is 5.09. The van der Waals surface area contributed by atoms with Crippen LogP contribution in [0.15, 0.2) is 12.1 Å². The Labute approximate surface area is 102 Å². The molecule has 0 aliphatic rings. The summed E-state index contributed by atoms with van der Waals surface area (Å²) in [6, 6.07) is 3.60. The van der Waals surface area contributed by atoms with E-state index >= 15 is 0 Å². The predicted molar refractivity (Wildman–Crippen MR) is 67.4 cm³/mol. The van der Waals surface area contributed by atoms with Crippen molar-refractivity contribution >= 4 is 11.6 Å². The molecule has 0 aromatic heterocycles. The van der Waals surface area contributed by atoms with Crippen molar-refractivity contribution in [1.29, 1.82) is 0 Å². The van der Waals surface area contributed by atoms with Crippen LogP contribution in [0.5, 0.6) is 0 Å². The van der Waals surface area contributed by atoms with Gasteiger partial charge >= 0.3 is 0 Å². The van der Waals surface area contributed by atoms with Crippen molar-refractivity contribution in [2.75, 3.05) is 6.54 Å². The third kappa shape index (κ3) is 3.19. The largest absolute Gasteiger partial charge is 0.330 e. The Bertz CT molecular complexity index is 363. The first-order valence-electron chi connectivity index (χ1n) is 5.63. The molecule has 1 unspecified atom stereocenters. The Morgan fingerprint density at radius 2 is 1.94 bits per heavy atom. The van der Waals surface area contributed by atoms with Crippen molar-refractivity contribution in [3.8, 4) is 0 Å². The molecule has 16 heavy (non-hydrogen) atoms. The summed E-state index contributed by atoms with van der Waals surface area (Å²) < 4.78 is 13.7. The highest BCUT2D eigenvalue weighted by molar-refractivity contribution is 6.30. The van der Waals surface area contributed by atoms with Crippen LogP contribution in [0.2, 0.25) is 5.02 Å². The highest BCUT2D eigenvalue weighted by Crippen LogP contribution is 2.27. The SMILES string of the molecule is CC(CN)Cc1cc(Cl)c(F)c(C(C)C)c1. The number of hydrogen-bond acceptors (Lipinski definition) is 1. The van der Waals surface area contributed by atoms with Crippen LogP contribution in [-0.2, 0) is 6.42 Å². The molecule has 0 radical (unpaired) electrons. The summed E-state index contributed by atoms with van der Waals surface area (Å²) in [5.74, 6) is 0.244. The molecular weight excluding hydrogens is 225 g/mol. The summed E-state index contributed by atoms with van der Waals surface area (Å²) in [7, 11) is 0. The van der Waals surface area contributed by atoms with Gasteiger partial charge in [0.25, 0.3) is 0 Å². The number of hydrogen-bond donors (Lipinski definition) is 1. The third-order valence-electron chi connectivity index (χ3n) is 2.72. The van der Waals surface area contributed by atoms with Gasteiger partial charge in [-0.15, -0.1) is 0 Å². The van der Waals surface area contributed by atoms with Crippen molar-refractivity contribution in [3.63, 3.8) is 0 Å². The maximum Gasteiger partial charge on any atom is 0.145 e. The first-order chi connectivity index (χ1) is 7.45. The lowest BCUT2D eigenvalue weighted by molar-refractivity contribution is 0.580. The van der Waals surface area contributed by atoms with Crippen molar-refractivity contribution < 1.29 is 4.39 Å². The molecule has 0 bridgehead atoms. The molecule has 0 fully saturated rings. The van der Waals surface area contributed by atoms with Gasteiger partial charge in [-0.2, -0.15) is 0 Å². The summed E-state index contributed by atoms with van der Waals surface area (Å²) in [6.45, 7) is 6.63. The van der Waals surface area contributed by atoms with Crippen LogP contribution < -0.4 is 5.73 Å². The van der Waals surface area contributed by atoms with Gasteiger partial charge in [0.2, 0.25) is 0 Å². The summed E-state index contributed by atoms with van der Waals surface area (Å²) >= 11 is 5.88. The minimum Gasteiger partial charge on any atom is -0.330 e. The lowest BCUT2D eigenvalue weighted by Gasteiger charge is -2.13. The summed E-state index contributed by atoms with van der Waals surface area (Å²) in [4.78, 5) is 0. The van der Waals surface area contributed by atoms with Crippen LogP contribution >= 0.6 is 11.6 Å². The van der Waals surface area contributed by atoms with E-state index < -0.39 is 0 Å². The first kappa shape index (κ1) is 13.5. The van der Waals surface area contributed by atoms with Crippen molar-refractivity contribution in [2.24, 2.45) is 11.7 Å². The molecule has 90 valence electrons. The molecule has 0 aliphatic carbocycles. The number of halogens is 2. The molecular formula is C13H19ClFN. The quantitative estimate of drug-likeness (QED) is 0.857. The fourth-order valence-electron chi connectivity index (χ4n) is 1.69. The highest BCUT2D eigenvalue weighted by atomic mass is 35.5. The zero-order valence-corrected chi connectivity index (χ0v) is 10.8. The third-order valence-corrected chi connectivity index (χ3v) is 3.00. The molecule has 1 aromatic carbocycles. The first-order valence-corrected chi connectivity index (χ1v) is 6.01.